The van der Waals surface area contributed by atoms with Crippen LogP contribution >= 0.6 is 0 Å². The first-order valence-corrected chi connectivity index (χ1v) is 35.6. The maximum atomic E-state index is 6.46. The second-order valence-corrected chi connectivity index (χ2v) is 61.4. The zero-order valence-electron chi connectivity index (χ0n) is 32.4. The van der Waals surface area contributed by atoms with Gasteiger partial charge in [-0.25, -0.2) is 0 Å². The topological polar surface area (TPSA) is 0 Å². The summed E-state index contributed by atoms with van der Waals surface area (Å²) in [7, 11) is 0. The molecule has 0 saturated heterocycles. The molecule has 1 heteroatoms. The van der Waals surface area contributed by atoms with E-state index in [0.717, 1.165) is 19.0 Å². The third kappa shape index (κ3) is 4.98. The predicted molar refractivity (Wildman–Crippen MR) is 226 cm³/mol. The van der Waals surface area contributed by atoms with Crippen LogP contribution < -0.4 is 3.32 Å². The first kappa shape index (κ1) is 36.4. The summed E-state index contributed by atoms with van der Waals surface area (Å²) in [5.41, 5.74) is 11.1. The average Bonchev–Trinajstić information content (AvgIpc) is 3.81. The molecule has 52 heavy (non-hydrogen) atoms. The van der Waals surface area contributed by atoms with Crippen LogP contribution in [0.4, 0.5) is 0 Å². The molecule has 0 unspecified atom stereocenters. The zero-order valence-corrected chi connectivity index (χ0v) is 36.0. The van der Waals surface area contributed by atoms with Crippen LogP contribution in [0.25, 0.3) is 11.1 Å². The third-order valence-corrected chi connectivity index (χ3v) is 65.4. The molecule has 0 nitrogen and oxygen atoms in total. The third-order valence-electron chi connectivity index (χ3n) is 14.6. The molecule has 5 aromatic carbocycles. The summed E-state index contributed by atoms with van der Waals surface area (Å²) < 4.78 is 10.8. The van der Waals surface area contributed by atoms with Gasteiger partial charge in [0, 0.05) is 0 Å². The molecule has 7 rings (SSSR count). The molecule has 5 aromatic rings. The quantitative estimate of drug-likeness (QED) is 0.0970. The zero-order chi connectivity index (χ0) is 36.9. The molecule has 2 aliphatic carbocycles. The molecule has 0 fully saturated rings. The van der Waals surface area contributed by atoms with Crippen LogP contribution in [-0.2, 0) is 34.3 Å². The van der Waals surface area contributed by atoms with E-state index in [9.17, 15) is 0 Å². The van der Waals surface area contributed by atoms with Crippen molar-refractivity contribution in [2.24, 2.45) is 0 Å². The fraction of sp³-hybridized carbons (Fsp3) is 0.275. The summed E-state index contributed by atoms with van der Waals surface area (Å²) in [4.78, 5) is 0. The fourth-order valence-electron chi connectivity index (χ4n) is 12.0. The van der Waals surface area contributed by atoms with Gasteiger partial charge in [-0.2, -0.15) is 0 Å². The van der Waals surface area contributed by atoms with Gasteiger partial charge in [0.15, 0.2) is 0 Å². The van der Waals surface area contributed by atoms with Gasteiger partial charge in [0.25, 0.3) is 0 Å². The first-order valence-electron chi connectivity index (χ1n) is 19.5. The number of hydrogen-bond acceptors (Lipinski definition) is 0. The molecule has 2 aliphatic rings. The Morgan fingerprint density at radius 2 is 1.00 bits per heavy atom. The normalized spacial score (nSPS) is 16.8. The van der Waals surface area contributed by atoms with E-state index in [1.807, 2.05) is 0 Å². The van der Waals surface area contributed by atoms with Gasteiger partial charge in [-0.15, -0.1) is 0 Å². The van der Waals surface area contributed by atoms with Crippen LogP contribution in [0.2, 0.25) is 7.85 Å². The average molecular weight is 850 g/mol. The number of fused-ring (bicyclic) bond motifs is 3. The van der Waals surface area contributed by atoms with Crippen molar-refractivity contribution in [3.63, 3.8) is 0 Å². The Morgan fingerprint density at radius 3 is 1.40 bits per heavy atom. The molecular weight excluding hydrogens is 791 g/mol. The molecule has 266 valence electrons. The summed E-state index contributed by atoms with van der Waals surface area (Å²) in [5.74, 6) is 0. The van der Waals surface area contributed by atoms with Gasteiger partial charge in [-0.3, -0.25) is 0 Å². The van der Waals surface area contributed by atoms with Crippen molar-refractivity contribution in [1.29, 1.82) is 0 Å². The van der Waals surface area contributed by atoms with Crippen molar-refractivity contribution in [2.45, 2.75) is 78.7 Å². The molecule has 0 aromatic heterocycles. The minimum atomic E-state index is -6.60. The Labute approximate surface area is 308 Å². The number of allylic oxidation sites excluding steroid dienone is 5. The van der Waals surface area contributed by atoms with E-state index in [-0.39, 0.29) is 18.2 Å². The minimum absolute atomic E-state index is 0.0175. The van der Waals surface area contributed by atoms with Crippen LogP contribution in [0.1, 0.15) is 85.0 Å². The van der Waals surface area contributed by atoms with Crippen LogP contribution in [0.15, 0.2) is 164 Å². The predicted octanol–water partition coefficient (Wildman–Crippen LogP) is 13.2. The van der Waals surface area contributed by atoms with Crippen molar-refractivity contribution in [1.82, 2.24) is 0 Å². The Kier molecular flexibility index (Phi) is 8.25. The van der Waals surface area contributed by atoms with Gasteiger partial charge in [-0.05, 0) is 0 Å². The van der Waals surface area contributed by atoms with Crippen molar-refractivity contribution < 1.29 is 15.1 Å². The second kappa shape index (κ2) is 11.8. The van der Waals surface area contributed by atoms with Crippen LogP contribution in [0.5, 0.6) is 0 Å². The molecular formula is C51H58Hf. The summed E-state index contributed by atoms with van der Waals surface area (Å²) >= 11 is -6.60. The molecule has 0 spiro atoms. The van der Waals surface area contributed by atoms with Crippen molar-refractivity contribution >= 4 is 7.58 Å². The van der Waals surface area contributed by atoms with Crippen molar-refractivity contribution in [3.8, 4) is 11.1 Å². The van der Waals surface area contributed by atoms with Gasteiger partial charge in [0.05, 0.1) is 0 Å². The van der Waals surface area contributed by atoms with Gasteiger partial charge in [0.2, 0.25) is 0 Å². The van der Waals surface area contributed by atoms with Gasteiger partial charge >= 0.3 is 310 Å². The Balaban J connectivity index is 1.85. The summed E-state index contributed by atoms with van der Waals surface area (Å²) in [6, 6.07) is 49.6. The molecule has 0 saturated carbocycles. The van der Waals surface area contributed by atoms with E-state index in [1.165, 1.54) is 47.8 Å². The molecule has 0 radical (unpaired) electrons. The van der Waals surface area contributed by atoms with Crippen LogP contribution in [0, 0.1) is 0 Å². The van der Waals surface area contributed by atoms with Gasteiger partial charge in [0.1, 0.15) is 0 Å². The molecule has 0 N–H and O–H groups in total. The second-order valence-electron chi connectivity index (χ2n) is 19.6. The van der Waals surface area contributed by atoms with Crippen molar-refractivity contribution in [2.75, 3.05) is 0 Å². The molecule has 0 atom stereocenters. The Hall–Kier alpha value is -3.94. The van der Waals surface area contributed by atoms with E-state index in [4.69, 9.17) is 4.26 Å². The van der Waals surface area contributed by atoms with E-state index in [1.54, 1.807) is 0 Å². The standard InChI is InChI=1S/C21H25.2C7H7.C6H5.C5H5.C4H7.CH2.Hf/c1-20(2,3)16-7-9-18-14(12-16)11-15-13-17(21(4,5)6)8-10-19(15)18;2*1-7-5-3-2-4-6-7;1-2-4-6-5-3-1;1-2-4-5-3-1;1-3-4-2;;/h7-13H,1-6H3;2*2-6H,1H2;1-5H;1-5H;3H,1-2,4H2;1H2;. The Bertz CT molecular complexity index is 2210. The molecule has 0 amide bonds. The van der Waals surface area contributed by atoms with E-state index in [2.05, 4.69) is 206 Å². The summed E-state index contributed by atoms with van der Waals surface area (Å²) in [5, 5.41) is 0. The maximum absolute atomic E-state index is 6.60. The molecule has 0 heterocycles. The van der Waals surface area contributed by atoms with Gasteiger partial charge in [-0.1, -0.05) is 0 Å². The summed E-state index contributed by atoms with van der Waals surface area (Å²) in [6.45, 7) is 18.6. The number of benzene rings is 5. The van der Waals surface area contributed by atoms with Crippen molar-refractivity contribution in [3.05, 3.63) is 198 Å². The first-order chi connectivity index (χ1) is 24.6. The van der Waals surface area contributed by atoms with Crippen LogP contribution in [0.3, 0.4) is 0 Å². The molecule has 0 bridgehead atoms. The molecule has 0 aliphatic heterocycles. The Morgan fingerprint density at radius 1 is 0.577 bits per heavy atom. The van der Waals surface area contributed by atoms with E-state index < -0.39 is 15.1 Å². The fourth-order valence-corrected chi connectivity index (χ4v) is 65.1. The number of rotatable bonds is 10. The monoisotopic (exact) mass is 850 g/mol. The number of hydrogen-bond donors (Lipinski definition) is 0. The SMILES string of the molecule is C=CC[CH2][Hf](=[CH2])([CH2]c1ccccc1)([CH2]c1ccccc1)([c]1ccccc1)([CH]1C=CC=C1)[CH]1c2cc(C(C)(C)C)ccc2-c2ccc(C(C)(C)C)cc21. The van der Waals surface area contributed by atoms with Gasteiger partial charge < -0.3 is 0 Å². The van der Waals surface area contributed by atoms with E-state index in [0.29, 0.717) is 0 Å². The summed E-state index contributed by atoms with van der Waals surface area (Å²) in [6.07, 6.45) is 12.8. The van der Waals surface area contributed by atoms with Crippen LogP contribution in [-0.4, -0.2) is 4.26 Å². The van der Waals surface area contributed by atoms with E-state index >= 15 is 0 Å².